The van der Waals surface area contributed by atoms with Crippen molar-refractivity contribution in [3.63, 3.8) is 0 Å². The highest BCUT2D eigenvalue weighted by Gasteiger charge is 1.99. The molecule has 1 rings (SSSR count). The number of hydrogen-bond acceptors (Lipinski definition) is 4. The lowest BCUT2D eigenvalue weighted by molar-refractivity contribution is -0.133. The van der Waals surface area contributed by atoms with E-state index in [9.17, 15) is 4.79 Å². The Morgan fingerprint density at radius 1 is 1.69 bits per heavy atom. The highest BCUT2D eigenvalue weighted by Crippen LogP contribution is 1.93. The fourth-order valence-electron chi connectivity index (χ4n) is 0.663. The Hall–Kier alpha value is -1.55. The van der Waals surface area contributed by atoms with E-state index in [4.69, 9.17) is 16.3 Å². The molecule has 0 spiro atoms. The minimum atomic E-state index is -0.466. The maximum atomic E-state index is 10.5. The lowest BCUT2D eigenvalue weighted by atomic mass is 10.4. The molecule has 88 valence electrons. The van der Waals surface area contributed by atoms with E-state index in [0.717, 1.165) is 24.9 Å². The summed E-state index contributed by atoms with van der Waals surface area (Å²) in [5.41, 5.74) is 1.46. The molecule has 1 aliphatic heterocycles. The maximum Gasteiger partial charge on any atom is 0.337 e. The summed E-state index contributed by atoms with van der Waals surface area (Å²) in [5.74, 6) is 0.215. The second-order valence-corrected chi connectivity index (χ2v) is 2.97. The smallest absolute Gasteiger partial charge is 0.337 e. The van der Waals surface area contributed by atoms with Crippen molar-refractivity contribution in [2.45, 2.75) is 6.92 Å². The Balaban J connectivity index is 0.000000288. The third kappa shape index (κ3) is 6.84. The number of ether oxygens (including phenoxy) is 2. The van der Waals surface area contributed by atoms with E-state index < -0.39 is 5.97 Å². The van der Waals surface area contributed by atoms with Gasteiger partial charge in [0.15, 0.2) is 0 Å². The van der Waals surface area contributed by atoms with Crippen LogP contribution in [0, 0.1) is 0 Å². The Kier molecular flexibility index (Phi) is 7.89. The normalized spacial score (nSPS) is 13.2. The molecule has 0 aromatic rings. The molecular weight excluding hydrogens is 230 g/mol. The van der Waals surface area contributed by atoms with Crippen molar-refractivity contribution in [1.82, 2.24) is 0 Å². The second-order valence-electron chi connectivity index (χ2n) is 2.72. The lowest BCUT2D eigenvalue weighted by Crippen LogP contribution is -1.98. The van der Waals surface area contributed by atoms with Gasteiger partial charge < -0.3 is 9.47 Å². The van der Waals surface area contributed by atoms with Crippen LogP contribution in [0.3, 0.4) is 0 Å². The third-order valence-electron chi connectivity index (χ3n) is 1.36. The first kappa shape index (κ1) is 14.5. The van der Waals surface area contributed by atoms with Crippen LogP contribution in [0.4, 0.5) is 0 Å². The molecule has 0 bridgehead atoms. The number of hydrogen-bond donors (Lipinski definition) is 0. The molecule has 0 saturated heterocycles. The van der Waals surface area contributed by atoms with Gasteiger partial charge in [-0.3, -0.25) is 0 Å². The van der Waals surface area contributed by atoms with Crippen molar-refractivity contribution in [3.8, 4) is 0 Å². The molecule has 0 aromatic heterocycles. The quantitative estimate of drug-likeness (QED) is 0.435. The van der Waals surface area contributed by atoms with Gasteiger partial charge in [0.1, 0.15) is 12.9 Å². The van der Waals surface area contributed by atoms with Crippen molar-refractivity contribution in [3.05, 3.63) is 36.6 Å². The number of esters is 1. The van der Waals surface area contributed by atoms with E-state index in [1.54, 1.807) is 13.0 Å². The average Bonchev–Trinajstić information content (AvgIpc) is 2.79. The van der Waals surface area contributed by atoms with Crippen molar-refractivity contribution < 1.29 is 14.3 Å². The van der Waals surface area contributed by atoms with Crippen LogP contribution < -0.4 is 0 Å². The van der Waals surface area contributed by atoms with Gasteiger partial charge in [-0.05, 0) is 13.0 Å². The molecule has 0 radical (unpaired) electrons. The zero-order valence-corrected chi connectivity index (χ0v) is 9.87. The molecule has 0 aliphatic carbocycles. The van der Waals surface area contributed by atoms with Crippen LogP contribution in [0.1, 0.15) is 6.92 Å². The SMILES string of the molecule is C=C(C)C(=O)OC=CCl.C=CC1=NCCO1. The van der Waals surface area contributed by atoms with Crippen LogP contribution in [-0.2, 0) is 14.3 Å². The number of carbonyl (C=O) groups is 1. The van der Waals surface area contributed by atoms with Crippen LogP contribution in [-0.4, -0.2) is 25.0 Å². The van der Waals surface area contributed by atoms with Crippen LogP contribution in [0.5, 0.6) is 0 Å². The van der Waals surface area contributed by atoms with Crippen molar-refractivity contribution in [2.75, 3.05) is 13.2 Å². The van der Waals surface area contributed by atoms with E-state index in [2.05, 4.69) is 22.9 Å². The average molecular weight is 244 g/mol. The summed E-state index contributed by atoms with van der Waals surface area (Å²) in [6, 6.07) is 0. The predicted molar refractivity (Wildman–Crippen MR) is 64.4 cm³/mol. The fourth-order valence-corrected chi connectivity index (χ4v) is 0.715. The Labute approximate surface area is 99.9 Å². The van der Waals surface area contributed by atoms with Crippen molar-refractivity contribution in [1.29, 1.82) is 0 Å². The summed E-state index contributed by atoms with van der Waals surface area (Å²) in [5, 5.41) is 0. The molecule has 1 heterocycles. The molecule has 0 fully saturated rings. The van der Waals surface area contributed by atoms with Gasteiger partial charge in [0.25, 0.3) is 0 Å². The van der Waals surface area contributed by atoms with Crippen molar-refractivity contribution >= 4 is 23.5 Å². The first-order valence-corrected chi connectivity index (χ1v) is 4.97. The Morgan fingerprint density at radius 3 is 2.69 bits per heavy atom. The molecule has 0 N–H and O–H groups in total. The van der Waals surface area contributed by atoms with E-state index in [-0.39, 0.29) is 0 Å². The number of rotatable bonds is 3. The zero-order chi connectivity index (χ0) is 12.4. The molecule has 5 heteroatoms. The van der Waals surface area contributed by atoms with Crippen LogP contribution in [0.15, 0.2) is 41.6 Å². The van der Waals surface area contributed by atoms with Gasteiger partial charge in [-0.25, -0.2) is 9.79 Å². The van der Waals surface area contributed by atoms with Crippen LogP contribution in [0.25, 0.3) is 0 Å². The largest absolute Gasteiger partial charge is 0.476 e. The molecule has 4 nitrogen and oxygen atoms in total. The van der Waals surface area contributed by atoms with E-state index >= 15 is 0 Å². The van der Waals surface area contributed by atoms with E-state index in [0.29, 0.717) is 11.5 Å². The minimum absolute atomic E-state index is 0.352. The number of nitrogens with zero attached hydrogens (tertiary/aromatic N) is 1. The first-order valence-electron chi connectivity index (χ1n) is 4.53. The number of carbonyl (C=O) groups excluding carboxylic acids is 1. The summed E-state index contributed by atoms with van der Waals surface area (Å²) in [6.45, 7) is 9.92. The van der Waals surface area contributed by atoms with Gasteiger partial charge in [-0.15, -0.1) is 0 Å². The van der Waals surface area contributed by atoms with Gasteiger partial charge >= 0.3 is 5.97 Å². The topological polar surface area (TPSA) is 47.9 Å². The monoisotopic (exact) mass is 243 g/mol. The summed E-state index contributed by atoms with van der Waals surface area (Å²) < 4.78 is 9.34. The Morgan fingerprint density at radius 2 is 2.38 bits per heavy atom. The molecule has 0 atom stereocenters. The predicted octanol–water partition coefficient (Wildman–Crippen LogP) is 2.42. The van der Waals surface area contributed by atoms with Gasteiger partial charge in [0.2, 0.25) is 5.90 Å². The highest BCUT2D eigenvalue weighted by atomic mass is 35.5. The maximum absolute atomic E-state index is 10.5. The lowest BCUT2D eigenvalue weighted by Gasteiger charge is -1.93. The summed E-state index contributed by atoms with van der Waals surface area (Å²) >= 11 is 5.06. The first-order chi connectivity index (χ1) is 7.61. The van der Waals surface area contributed by atoms with Gasteiger partial charge in [-0.1, -0.05) is 24.8 Å². The van der Waals surface area contributed by atoms with Crippen LogP contribution >= 0.6 is 11.6 Å². The van der Waals surface area contributed by atoms with Gasteiger partial charge in [-0.2, -0.15) is 0 Å². The Bertz CT molecular complexity index is 321. The fraction of sp³-hybridized carbons (Fsp3) is 0.273. The molecule has 16 heavy (non-hydrogen) atoms. The van der Waals surface area contributed by atoms with Gasteiger partial charge in [0.05, 0.1) is 6.54 Å². The summed E-state index contributed by atoms with van der Waals surface area (Å²) in [7, 11) is 0. The van der Waals surface area contributed by atoms with E-state index in [1.807, 2.05) is 0 Å². The van der Waals surface area contributed by atoms with Crippen LogP contribution in [0.2, 0.25) is 0 Å². The molecule has 0 aromatic carbocycles. The minimum Gasteiger partial charge on any atom is -0.476 e. The molecule has 0 unspecified atom stereocenters. The number of aliphatic imine (C=N–C) groups is 1. The van der Waals surface area contributed by atoms with E-state index in [1.165, 1.54) is 0 Å². The number of halogens is 1. The van der Waals surface area contributed by atoms with Gasteiger partial charge in [0, 0.05) is 11.1 Å². The zero-order valence-electron chi connectivity index (χ0n) is 9.11. The second kappa shape index (κ2) is 8.73. The van der Waals surface area contributed by atoms with Crippen molar-refractivity contribution in [2.24, 2.45) is 4.99 Å². The summed E-state index contributed by atoms with van der Waals surface area (Å²) in [4.78, 5) is 14.4. The standard InChI is InChI=1S/C6H7ClO2.C5H7NO/c1-5(2)6(8)9-4-3-7;1-2-5-6-3-4-7-5/h3-4H,1H2,2H3;2H,1,3-4H2. The molecule has 1 aliphatic rings. The molecule has 0 amide bonds. The third-order valence-corrected chi connectivity index (χ3v) is 1.46. The summed E-state index contributed by atoms with van der Waals surface area (Å²) in [6.07, 6.45) is 2.71. The molecule has 0 saturated carbocycles. The highest BCUT2D eigenvalue weighted by molar-refractivity contribution is 6.25. The molecular formula is C11H14ClNO3.